The molecule has 0 aromatic rings. The zero-order valence-electron chi connectivity index (χ0n) is 5.98. The Balaban J connectivity index is 0. The van der Waals surface area contributed by atoms with Gasteiger partial charge in [0.05, 0.1) is 0 Å². The Labute approximate surface area is 71.5 Å². The standard InChI is InChI=1S/C7H13S.BrH/c1-4-7-8(5-2)6-3;/h1H,5-7H2,2-3H3;1H/q+1;/p-1. The molecule has 0 atom stereocenters. The van der Waals surface area contributed by atoms with Gasteiger partial charge >= 0.3 is 0 Å². The first kappa shape index (κ1) is 12.1. The van der Waals surface area contributed by atoms with Crippen molar-refractivity contribution in [3.63, 3.8) is 0 Å². The molecule has 0 aliphatic heterocycles. The molecule has 0 amide bonds. The average molecular weight is 209 g/mol. The summed E-state index contributed by atoms with van der Waals surface area (Å²) in [4.78, 5) is 0. The molecule has 0 N–H and O–H groups in total. The second-order valence-corrected chi connectivity index (χ2v) is 4.21. The van der Waals surface area contributed by atoms with Gasteiger partial charge in [0.2, 0.25) is 0 Å². The smallest absolute Gasteiger partial charge is 0.167 e. The number of rotatable bonds is 3. The summed E-state index contributed by atoms with van der Waals surface area (Å²) in [6.07, 6.45) is 5.14. The van der Waals surface area contributed by atoms with Gasteiger partial charge in [-0.1, -0.05) is 5.92 Å². The van der Waals surface area contributed by atoms with Gasteiger partial charge < -0.3 is 17.0 Å². The van der Waals surface area contributed by atoms with Crippen LogP contribution >= 0.6 is 0 Å². The topological polar surface area (TPSA) is 0 Å². The molecule has 54 valence electrons. The largest absolute Gasteiger partial charge is 1.00 e. The van der Waals surface area contributed by atoms with E-state index < -0.39 is 0 Å². The molecular weight excluding hydrogens is 196 g/mol. The predicted octanol–water partition coefficient (Wildman–Crippen LogP) is -1.72. The number of hydrogen-bond donors (Lipinski definition) is 0. The molecule has 0 aliphatic carbocycles. The Kier molecular flexibility index (Phi) is 11.3. The highest BCUT2D eigenvalue weighted by Crippen LogP contribution is 1.93. The van der Waals surface area contributed by atoms with E-state index in [0.29, 0.717) is 10.9 Å². The van der Waals surface area contributed by atoms with Crippen LogP contribution in [-0.2, 0) is 10.9 Å². The fourth-order valence-electron chi connectivity index (χ4n) is 0.526. The van der Waals surface area contributed by atoms with Crippen LogP contribution in [0.25, 0.3) is 0 Å². The lowest BCUT2D eigenvalue weighted by atomic mass is 10.8. The first-order chi connectivity index (χ1) is 3.85. The minimum atomic E-state index is 0. The molecule has 0 aromatic carbocycles. The van der Waals surface area contributed by atoms with Crippen LogP contribution in [0.3, 0.4) is 0 Å². The molecular formula is C7H13BrS. The van der Waals surface area contributed by atoms with E-state index in [2.05, 4.69) is 19.8 Å². The van der Waals surface area contributed by atoms with Crippen LogP contribution in [0.4, 0.5) is 0 Å². The quantitative estimate of drug-likeness (QED) is 0.383. The average Bonchev–Trinajstić information content (AvgIpc) is 1.83. The van der Waals surface area contributed by atoms with E-state index in [-0.39, 0.29) is 17.0 Å². The van der Waals surface area contributed by atoms with Crippen LogP contribution in [0.5, 0.6) is 0 Å². The van der Waals surface area contributed by atoms with Gasteiger partial charge in [-0.15, -0.1) is 6.42 Å². The Morgan fingerprint density at radius 2 is 1.78 bits per heavy atom. The molecule has 0 aliphatic rings. The normalized spacial score (nSPS) is 8.22. The van der Waals surface area contributed by atoms with E-state index in [9.17, 15) is 0 Å². The van der Waals surface area contributed by atoms with Crippen molar-refractivity contribution < 1.29 is 17.0 Å². The predicted molar refractivity (Wildman–Crippen MR) is 42.1 cm³/mol. The highest BCUT2D eigenvalue weighted by molar-refractivity contribution is 7.96. The Hall–Kier alpha value is 0.390. The molecule has 0 bridgehead atoms. The van der Waals surface area contributed by atoms with Crippen molar-refractivity contribution in [2.24, 2.45) is 0 Å². The number of halogens is 1. The van der Waals surface area contributed by atoms with Crippen molar-refractivity contribution in [3.8, 4) is 12.3 Å². The summed E-state index contributed by atoms with van der Waals surface area (Å²) < 4.78 is 0. The Bertz CT molecular complexity index is 81.4. The third-order valence-corrected chi connectivity index (χ3v) is 3.31. The summed E-state index contributed by atoms with van der Waals surface area (Å²) >= 11 is 0. The molecule has 9 heavy (non-hydrogen) atoms. The van der Waals surface area contributed by atoms with Crippen LogP contribution in [0.2, 0.25) is 0 Å². The summed E-state index contributed by atoms with van der Waals surface area (Å²) in [6.45, 7) is 4.40. The first-order valence-electron chi connectivity index (χ1n) is 2.92. The van der Waals surface area contributed by atoms with Crippen LogP contribution in [0, 0.1) is 12.3 Å². The van der Waals surface area contributed by atoms with Crippen LogP contribution in [0.15, 0.2) is 0 Å². The van der Waals surface area contributed by atoms with Gasteiger partial charge in [0.25, 0.3) is 0 Å². The lowest BCUT2D eigenvalue weighted by molar-refractivity contribution is -0.00000180. The van der Waals surface area contributed by atoms with Crippen molar-refractivity contribution in [3.05, 3.63) is 0 Å². The minimum Gasteiger partial charge on any atom is -1.00 e. The fraction of sp³-hybridized carbons (Fsp3) is 0.714. The molecule has 0 fully saturated rings. The monoisotopic (exact) mass is 208 g/mol. The van der Waals surface area contributed by atoms with E-state index in [1.807, 2.05) is 0 Å². The summed E-state index contributed by atoms with van der Waals surface area (Å²) in [6, 6.07) is 0. The van der Waals surface area contributed by atoms with Crippen LogP contribution in [0.1, 0.15) is 13.8 Å². The minimum absolute atomic E-state index is 0. The molecule has 0 nitrogen and oxygen atoms in total. The molecule has 0 aromatic heterocycles. The molecule has 0 saturated heterocycles. The van der Waals surface area contributed by atoms with Gasteiger partial charge in [0.1, 0.15) is 11.5 Å². The summed E-state index contributed by atoms with van der Waals surface area (Å²) in [7, 11) is 0.525. The number of hydrogen-bond acceptors (Lipinski definition) is 0. The Morgan fingerprint density at radius 1 is 1.33 bits per heavy atom. The summed E-state index contributed by atoms with van der Waals surface area (Å²) in [5.41, 5.74) is 0. The SMILES string of the molecule is C#CC[S+](CC)CC.[Br-]. The van der Waals surface area contributed by atoms with Crippen LogP contribution < -0.4 is 17.0 Å². The molecule has 0 spiro atoms. The van der Waals surface area contributed by atoms with E-state index in [4.69, 9.17) is 6.42 Å². The first-order valence-corrected chi connectivity index (χ1v) is 4.65. The van der Waals surface area contributed by atoms with Crippen LogP contribution in [-0.4, -0.2) is 17.3 Å². The maximum Gasteiger partial charge on any atom is 0.167 e. The van der Waals surface area contributed by atoms with Gasteiger partial charge in [0.15, 0.2) is 5.75 Å². The molecule has 0 heterocycles. The lowest BCUT2D eigenvalue weighted by Crippen LogP contribution is -3.00. The third-order valence-electron chi connectivity index (χ3n) is 1.10. The zero-order chi connectivity index (χ0) is 6.41. The van der Waals surface area contributed by atoms with Gasteiger partial charge in [0, 0.05) is 0 Å². The fourth-order valence-corrected chi connectivity index (χ4v) is 1.58. The van der Waals surface area contributed by atoms with Crippen molar-refractivity contribution in [1.29, 1.82) is 0 Å². The molecule has 0 radical (unpaired) electrons. The maximum absolute atomic E-state index is 5.14. The molecule has 2 heteroatoms. The lowest BCUT2D eigenvalue weighted by Gasteiger charge is -1.95. The summed E-state index contributed by atoms with van der Waals surface area (Å²) in [5.74, 6) is 6.16. The van der Waals surface area contributed by atoms with E-state index >= 15 is 0 Å². The van der Waals surface area contributed by atoms with Gasteiger partial charge in [-0.05, 0) is 24.7 Å². The van der Waals surface area contributed by atoms with Crippen molar-refractivity contribution >= 4 is 10.9 Å². The second kappa shape index (κ2) is 8.39. The maximum atomic E-state index is 5.14. The number of terminal acetylenes is 1. The zero-order valence-corrected chi connectivity index (χ0v) is 8.39. The molecule has 0 rings (SSSR count). The molecule has 0 unspecified atom stereocenters. The van der Waals surface area contributed by atoms with Crippen molar-refractivity contribution in [2.75, 3.05) is 17.3 Å². The van der Waals surface area contributed by atoms with E-state index in [1.165, 1.54) is 11.5 Å². The third kappa shape index (κ3) is 6.27. The summed E-state index contributed by atoms with van der Waals surface area (Å²) in [5, 5.41) is 0. The molecule has 0 saturated carbocycles. The van der Waals surface area contributed by atoms with Gasteiger partial charge in [-0.3, -0.25) is 0 Å². The van der Waals surface area contributed by atoms with E-state index in [0.717, 1.165) is 5.75 Å². The van der Waals surface area contributed by atoms with Gasteiger partial charge in [-0.2, -0.15) is 0 Å². The highest BCUT2D eigenvalue weighted by Gasteiger charge is 2.07. The Morgan fingerprint density at radius 3 is 1.89 bits per heavy atom. The van der Waals surface area contributed by atoms with Gasteiger partial charge in [-0.25, -0.2) is 0 Å². The highest BCUT2D eigenvalue weighted by atomic mass is 79.9. The van der Waals surface area contributed by atoms with Crippen molar-refractivity contribution in [2.45, 2.75) is 13.8 Å². The second-order valence-electron chi connectivity index (χ2n) is 1.54. The van der Waals surface area contributed by atoms with Crippen molar-refractivity contribution in [1.82, 2.24) is 0 Å². The van der Waals surface area contributed by atoms with E-state index in [1.54, 1.807) is 0 Å².